The van der Waals surface area contributed by atoms with Crippen LogP contribution in [0.1, 0.15) is 19.4 Å². The van der Waals surface area contributed by atoms with Gasteiger partial charge in [0.2, 0.25) is 11.0 Å². The summed E-state index contributed by atoms with van der Waals surface area (Å²) in [4.78, 5) is 16.9. The quantitative estimate of drug-likeness (QED) is 0.230. The predicted molar refractivity (Wildman–Crippen MR) is 135 cm³/mol. The van der Waals surface area contributed by atoms with Gasteiger partial charge in [0.15, 0.2) is 0 Å². The summed E-state index contributed by atoms with van der Waals surface area (Å²) >= 11 is 1.35. The Morgan fingerprint density at radius 1 is 0.970 bits per heavy atom. The average molecular weight is 457 g/mol. The van der Waals surface area contributed by atoms with Gasteiger partial charge < -0.3 is 10.1 Å². The summed E-state index contributed by atoms with van der Waals surface area (Å²) in [6, 6.07) is 27.0. The zero-order chi connectivity index (χ0) is 23.0. The Labute approximate surface area is 197 Å². The molecule has 1 aromatic heterocycles. The summed E-state index contributed by atoms with van der Waals surface area (Å²) in [6.45, 7) is 3.72. The molecular formula is C26H24N4O2S. The lowest BCUT2D eigenvalue weighted by Gasteiger charge is -2.07. The van der Waals surface area contributed by atoms with E-state index in [1.807, 2.05) is 98.8 Å². The molecule has 33 heavy (non-hydrogen) atoms. The molecule has 0 aliphatic carbocycles. The number of carbonyl (C=O) groups excluding carboxylic acids is 1. The number of nitrogens with zero attached hydrogens (tertiary/aromatic N) is 2. The van der Waals surface area contributed by atoms with Crippen LogP contribution in [-0.2, 0) is 4.79 Å². The fraction of sp³-hybridized carbons (Fsp3) is 0.115. The van der Waals surface area contributed by atoms with Crippen molar-refractivity contribution >= 4 is 33.6 Å². The smallest absolute Gasteiger partial charge is 0.227 e. The summed E-state index contributed by atoms with van der Waals surface area (Å²) in [7, 11) is 0. The molecule has 0 radical (unpaired) electrons. The van der Waals surface area contributed by atoms with E-state index in [2.05, 4.69) is 20.8 Å². The van der Waals surface area contributed by atoms with E-state index in [9.17, 15) is 4.79 Å². The van der Waals surface area contributed by atoms with E-state index in [1.165, 1.54) is 11.3 Å². The molecule has 0 atom stereocenters. The minimum absolute atomic E-state index is 0.0545. The second-order valence-corrected chi connectivity index (χ2v) is 8.56. The molecule has 6 nitrogen and oxygen atoms in total. The fourth-order valence-corrected chi connectivity index (χ4v) is 3.79. The molecule has 2 N–H and O–H groups in total. The van der Waals surface area contributed by atoms with E-state index < -0.39 is 0 Å². The van der Waals surface area contributed by atoms with E-state index in [0.717, 1.165) is 22.6 Å². The molecule has 7 heteroatoms. The lowest BCUT2D eigenvalue weighted by molar-refractivity contribution is -0.118. The minimum atomic E-state index is -0.129. The summed E-state index contributed by atoms with van der Waals surface area (Å²) in [5, 5.41) is 8.58. The van der Waals surface area contributed by atoms with Crippen molar-refractivity contribution in [3.05, 3.63) is 90.5 Å². The lowest BCUT2D eigenvalue weighted by atomic mass is 10.1. The van der Waals surface area contributed by atoms with Crippen LogP contribution in [0.15, 0.2) is 90.0 Å². The Balaban J connectivity index is 1.49. The Bertz CT molecular complexity index is 1240. The molecule has 1 amide bonds. The summed E-state index contributed by atoms with van der Waals surface area (Å²) in [5.74, 6) is 1.32. The highest BCUT2D eigenvalue weighted by molar-refractivity contribution is 7.20. The highest BCUT2D eigenvalue weighted by atomic mass is 32.1. The van der Waals surface area contributed by atoms with Crippen molar-refractivity contribution in [2.45, 2.75) is 13.8 Å². The van der Waals surface area contributed by atoms with Crippen LogP contribution in [0, 0.1) is 5.92 Å². The van der Waals surface area contributed by atoms with E-state index >= 15 is 0 Å². The number of ether oxygens (including phenoxy) is 1. The van der Waals surface area contributed by atoms with Crippen molar-refractivity contribution in [1.29, 1.82) is 0 Å². The monoisotopic (exact) mass is 456 g/mol. The first-order valence-corrected chi connectivity index (χ1v) is 11.4. The highest BCUT2D eigenvalue weighted by Crippen LogP contribution is 2.36. The summed E-state index contributed by atoms with van der Waals surface area (Å²) in [5.41, 5.74) is 5.50. The maximum atomic E-state index is 12.3. The molecule has 0 unspecified atom stereocenters. The van der Waals surface area contributed by atoms with Crippen molar-refractivity contribution in [3.8, 4) is 22.8 Å². The van der Waals surface area contributed by atoms with Crippen LogP contribution < -0.4 is 15.5 Å². The van der Waals surface area contributed by atoms with E-state index in [-0.39, 0.29) is 11.8 Å². The van der Waals surface area contributed by atoms with Crippen LogP contribution in [0.5, 0.6) is 11.5 Å². The number of rotatable bonds is 8. The molecule has 4 rings (SSSR count). The van der Waals surface area contributed by atoms with Gasteiger partial charge in [-0.3, -0.25) is 10.2 Å². The summed E-state index contributed by atoms with van der Waals surface area (Å²) in [6.07, 6.45) is 1.70. The molecule has 4 aromatic rings. The van der Waals surface area contributed by atoms with Gasteiger partial charge in [-0.2, -0.15) is 5.10 Å². The van der Waals surface area contributed by atoms with Gasteiger partial charge in [-0.05, 0) is 29.8 Å². The number of hydrazone groups is 1. The van der Waals surface area contributed by atoms with Gasteiger partial charge in [-0.15, -0.1) is 0 Å². The molecule has 0 spiro atoms. The maximum Gasteiger partial charge on any atom is 0.227 e. The Morgan fingerprint density at radius 2 is 1.67 bits per heavy atom. The third kappa shape index (κ3) is 6.05. The number of aromatic nitrogens is 1. The van der Waals surface area contributed by atoms with Crippen LogP contribution in [0.3, 0.4) is 0 Å². The topological polar surface area (TPSA) is 75.6 Å². The molecule has 166 valence electrons. The largest absolute Gasteiger partial charge is 0.457 e. The number of hydrogen-bond acceptors (Lipinski definition) is 6. The van der Waals surface area contributed by atoms with Crippen LogP contribution in [0.25, 0.3) is 11.3 Å². The number of carbonyl (C=O) groups is 1. The van der Waals surface area contributed by atoms with Gasteiger partial charge in [-0.1, -0.05) is 85.8 Å². The standard InChI is InChI=1S/C26H24N4O2S/c1-18(2)24(31)29-25-23(20-11-5-3-6-12-20)28-26(33-25)30-27-17-19-10-9-15-22(16-19)32-21-13-7-4-8-14-21/h3-18H,1-2H3,(H,28,30)(H,29,31). The van der Waals surface area contributed by atoms with Gasteiger partial charge in [0, 0.05) is 11.5 Å². The number of benzene rings is 3. The number of hydrogen-bond donors (Lipinski definition) is 2. The van der Waals surface area contributed by atoms with E-state index in [4.69, 9.17) is 4.74 Å². The van der Waals surface area contributed by atoms with Crippen molar-refractivity contribution in [1.82, 2.24) is 4.98 Å². The van der Waals surface area contributed by atoms with Crippen molar-refractivity contribution in [3.63, 3.8) is 0 Å². The highest BCUT2D eigenvalue weighted by Gasteiger charge is 2.16. The van der Waals surface area contributed by atoms with Crippen molar-refractivity contribution in [2.75, 3.05) is 10.7 Å². The third-order valence-electron chi connectivity index (χ3n) is 4.65. The Morgan fingerprint density at radius 3 is 2.39 bits per heavy atom. The first-order chi connectivity index (χ1) is 16.1. The Kier molecular flexibility index (Phi) is 7.12. The SMILES string of the molecule is CC(C)C(=O)Nc1sc(NN=Cc2cccc(Oc3ccccc3)c2)nc1-c1ccccc1. The number of anilines is 2. The summed E-state index contributed by atoms with van der Waals surface area (Å²) < 4.78 is 5.88. The second kappa shape index (κ2) is 10.6. The fourth-order valence-electron chi connectivity index (χ4n) is 2.95. The molecule has 0 saturated carbocycles. The number of thiazole rings is 1. The molecule has 0 aliphatic heterocycles. The molecular weight excluding hydrogens is 432 g/mol. The van der Waals surface area contributed by atoms with E-state index in [1.54, 1.807) is 6.21 Å². The van der Waals surface area contributed by atoms with Crippen molar-refractivity contribution in [2.24, 2.45) is 11.0 Å². The zero-order valence-electron chi connectivity index (χ0n) is 18.4. The Hall–Kier alpha value is -3.97. The van der Waals surface area contributed by atoms with Gasteiger partial charge in [0.25, 0.3) is 0 Å². The third-order valence-corrected chi connectivity index (χ3v) is 5.52. The molecule has 1 heterocycles. The van der Waals surface area contributed by atoms with Crippen LogP contribution in [0.4, 0.5) is 10.1 Å². The number of nitrogens with one attached hydrogen (secondary N) is 2. The van der Waals surface area contributed by atoms with Gasteiger partial charge >= 0.3 is 0 Å². The minimum Gasteiger partial charge on any atom is -0.457 e. The normalized spacial score (nSPS) is 11.0. The van der Waals surface area contributed by atoms with E-state index in [0.29, 0.717) is 15.8 Å². The van der Waals surface area contributed by atoms with Crippen LogP contribution in [-0.4, -0.2) is 17.1 Å². The zero-order valence-corrected chi connectivity index (χ0v) is 19.2. The van der Waals surface area contributed by atoms with Crippen LogP contribution >= 0.6 is 11.3 Å². The number of para-hydroxylation sites is 1. The first kappa shape index (κ1) is 22.2. The number of amides is 1. The maximum absolute atomic E-state index is 12.3. The van der Waals surface area contributed by atoms with Crippen LogP contribution in [0.2, 0.25) is 0 Å². The molecule has 0 saturated heterocycles. The molecule has 0 bridgehead atoms. The lowest BCUT2D eigenvalue weighted by Crippen LogP contribution is -2.17. The van der Waals surface area contributed by atoms with Crippen molar-refractivity contribution < 1.29 is 9.53 Å². The molecule has 0 aliphatic rings. The predicted octanol–water partition coefficient (Wildman–Crippen LogP) is 6.64. The first-order valence-electron chi connectivity index (χ1n) is 10.6. The molecule has 3 aromatic carbocycles. The van der Waals surface area contributed by atoms with Gasteiger partial charge in [-0.25, -0.2) is 4.98 Å². The second-order valence-electron chi connectivity index (χ2n) is 7.56. The molecule has 0 fully saturated rings. The van der Waals surface area contributed by atoms with Gasteiger partial charge in [0.05, 0.1) is 6.21 Å². The average Bonchev–Trinajstić information content (AvgIpc) is 3.23. The van der Waals surface area contributed by atoms with Gasteiger partial charge in [0.1, 0.15) is 22.2 Å².